The summed E-state index contributed by atoms with van der Waals surface area (Å²) >= 11 is 0. The van der Waals surface area contributed by atoms with E-state index in [1.165, 1.54) is 28.4 Å². The van der Waals surface area contributed by atoms with Gasteiger partial charge in [-0.3, -0.25) is 0 Å². The monoisotopic (exact) mass is 318 g/mol. The lowest BCUT2D eigenvalue weighted by Gasteiger charge is -2.15. The first kappa shape index (κ1) is 16.5. The second-order valence-corrected chi connectivity index (χ2v) is 4.63. The average molecular weight is 318 g/mol. The zero-order chi connectivity index (χ0) is 17.0. The van der Waals surface area contributed by atoms with E-state index in [1.54, 1.807) is 30.3 Å². The van der Waals surface area contributed by atoms with E-state index in [-0.39, 0.29) is 5.56 Å². The number of hydrogen-bond donors (Lipinski definition) is 1. The fourth-order valence-corrected chi connectivity index (χ4v) is 2.30. The van der Waals surface area contributed by atoms with Crippen molar-refractivity contribution >= 4 is 5.97 Å². The van der Waals surface area contributed by atoms with Gasteiger partial charge >= 0.3 is 5.97 Å². The van der Waals surface area contributed by atoms with Crippen molar-refractivity contribution in [3.05, 3.63) is 35.9 Å². The van der Waals surface area contributed by atoms with Gasteiger partial charge in [0.05, 0.1) is 28.4 Å². The van der Waals surface area contributed by atoms with Crippen molar-refractivity contribution in [2.75, 3.05) is 28.4 Å². The molecule has 0 heterocycles. The van der Waals surface area contributed by atoms with Gasteiger partial charge in [-0.25, -0.2) is 4.79 Å². The van der Waals surface area contributed by atoms with Gasteiger partial charge in [0.2, 0.25) is 5.75 Å². The number of rotatable bonds is 6. The van der Waals surface area contributed by atoms with Gasteiger partial charge in [-0.15, -0.1) is 0 Å². The summed E-state index contributed by atoms with van der Waals surface area (Å²) in [5, 5.41) is 9.30. The molecule has 0 aliphatic heterocycles. The number of carboxylic acids is 1. The molecule has 0 fully saturated rings. The summed E-state index contributed by atoms with van der Waals surface area (Å²) in [5.74, 6) is 0.708. The molecule has 0 unspecified atom stereocenters. The average Bonchev–Trinajstić information content (AvgIpc) is 2.59. The van der Waals surface area contributed by atoms with Crippen LogP contribution in [0.5, 0.6) is 23.0 Å². The highest BCUT2D eigenvalue weighted by atomic mass is 16.5. The summed E-state index contributed by atoms with van der Waals surface area (Å²) in [4.78, 5) is 11.4. The number of aromatic carboxylic acids is 1. The summed E-state index contributed by atoms with van der Waals surface area (Å²) in [6.07, 6.45) is 0. The molecule has 2 aromatic carbocycles. The van der Waals surface area contributed by atoms with Crippen molar-refractivity contribution < 1.29 is 28.8 Å². The molecule has 2 aromatic rings. The lowest BCUT2D eigenvalue weighted by Crippen LogP contribution is -2.01. The minimum Gasteiger partial charge on any atom is -0.496 e. The Balaban J connectivity index is 2.62. The van der Waals surface area contributed by atoms with Crippen LogP contribution in [0.2, 0.25) is 0 Å². The molecule has 0 aromatic heterocycles. The van der Waals surface area contributed by atoms with Crippen molar-refractivity contribution in [1.82, 2.24) is 0 Å². The van der Waals surface area contributed by atoms with E-state index in [1.807, 2.05) is 0 Å². The van der Waals surface area contributed by atoms with E-state index in [4.69, 9.17) is 18.9 Å². The highest BCUT2D eigenvalue weighted by Crippen LogP contribution is 2.41. The van der Waals surface area contributed by atoms with Gasteiger partial charge in [-0.1, -0.05) is 6.07 Å². The maximum absolute atomic E-state index is 11.4. The number of carboxylic acid groups (broad SMARTS) is 1. The molecule has 6 nitrogen and oxygen atoms in total. The molecule has 0 saturated carbocycles. The molecule has 122 valence electrons. The Hall–Kier alpha value is -2.89. The minimum absolute atomic E-state index is 0.0822. The van der Waals surface area contributed by atoms with Crippen LogP contribution in [0, 0.1) is 0 Å². The highest BCUT2D eigenvalue weighted by molar-refractivity contribution is 5.93. The van der Waals surface area contributed by atoms with Gasteiger partial charge in [-0.05, 0) is 35.4 Å². The third kappa shape index (κ3) is 3.15. The zero-order valence-electron chi connectivity index (χ0n) is 13.4. The predicted molar refractivity (Wildman–Crippen MR) is 85.0 cm³/mol. The highest BCUT2D eigenvalue weighted by Gasteiger charge is 2.17. The van der Waals surface area contributed by atoms with Crippen molar-refractivity contribution in [3.8, 4) is 34.1 Å². The van der Waals surface area contributed by atoms with E-state index in [0.29, 0.717) is 28.6 Å². The summed E-state index contributed by atoms with van der Waals surface area (Å²) in [7, 11) is 6.01. The van der Waals surface area contributed by atoms with E-state index < -0.39 is 5.97 Å². The van der Waals surface area contributed by atoms with E-state index >= 15 is 0 Å². The lowest BCUT2D eigenvalue weighted by atomic mass is 10.0. The molecule has 0 atom stereocenters. The Bertz CT molecular complexity index is 698. The largest absolute Gasteiger partial charge is 0.496 e. The Kier molecular flexibility index (Phi) is 4.95. The first-order chi connectivity index (χ1) is 11.0. The van der Waals surface area contributed by atoms with Gasteiger partial charge in [0.25, 0.3) is 0 Å². The molecule has 1 N–H and O–H groups in total. The molecular weight excluding hydrogens is 300 g/mol. The summed E-state index contributed by atoms with van der Waals surface area (Å²) in [6.45, 7) is 0. The van der Waals surface area contributed by atoms with Crippen LogP contribution in [-0.2, 0) is 0 Å². The Labute approximate surface area is 134 Å². The van der Waals surface area contributed by atoms with Crippen LogP contribution < -0.4 is 18.9 Å². The molecule has 0 aliphatic rings. The number of carbonyl (C=O) groups is 1. The summed E-state index contributed by atoms with van der Waals surface area (Å²) in [6, 6.07) is 8.44. The number of methoxy groups -OCH3 is 4. The predicted octanol–water partition coefficient (Wildman–Crippen LogP) is 3.09. The molecule has 23 heavy (non-hydrogen) atoms. The van der Waals surface area contributed by atoms with Gasteiger partial charge in [-0.2, -0.15) is 0 Å². The van der Waals surface area contributed by atoms with Gasteiger partial charge in [0.1, 0.15) is 11.3 Å². The third-order valence-electron chi connectivity index (χ3n) is 3.43. The smallest absolute Gasteiger partial charge is 0.339 e. The first-order valence-corrected chi connectivity index (χ1v) is 6.77. The molecule has 0 radical (unpaired) electrons. The van der Waals surface area contributed by atoms with Crippen LogP contribution >= 0.6 is 0 Å². The molecule has 0 amide bonds. The molecule has 6 heteroatoms. The molecule has 0 bridgehead atoms. The molecule has 0 spiro atoms. The minimum atomic E-state index is -1.06. The van der Waals surface area contributed by atoms with Crippen LogP contribution in [0.25, 0.3) is 11.1 Å². The van der Waals surface area contributed by atoms with Gasteiger partial charge in [0.15, 0.2) is 11.5 Å². The number of hydrogen-bond acceptors (Lipinski definition) is 5. The van der Waals surface area contributed by atoms with Crippen LogP contribution in [0.15, 0.2) is 30.3 Å². The number of ether oxygens (including phenoxy) is 4. The van der Waals surface area contributed by atoms with E-state index in [2.05, 4.69) is 0 Å². The van der Waals surface area contributed by atoms with Gasteiger partial charge in [0, 0.05) is 0 Å². The third-order valence-corrected chi connectivity index (χ3v) is 3.43. The maximum Gasteiger partial charge on any atom is 0.339 e. The van der Waals surface area contributed by atoms with Crippen molar-refractivity contribution in [2.24, 2.45) is 0 Å². The maximum atomic E-state index is 11.4. The Morgan fingerprint density at radius 3 is 1.78 bits per heavy atom. The molecule has 0 aliphatic carbocycles. The normalized spacial score (nSPS) is 10.1. The lowest BCUT2D eigenvalue weighted by molar-refractivity contribution is 0.0693. The Morgan fingerprint density at radius 2 is 1.35 bits per heavy atom. The van der Waals surface area contributed by atoms with E-state index in [0.717, 1.165) is 5.56 Å². The first-order valence-electron chi connectivity index (χ1n) is 6.77. The second-order valence-electron chi connectivity index (χ2n) is 4.63. The summed E-state index contributed by atoms with van der Waals surface area (Å²) < 4.78 is 21.0. The van der Waals surface area contributed by atoms with Crippen molar-refractivity contribution in [3.63, 3.8) is 0 Å². The summed E-state index contributed by atoms with van der Waals surface area (Å²) in [5.41, 5.74) is 1.52. The fraction of sp³-hybridized carbons (Fsp3) is 0.235. The van der Waals surface area contributed by atoms with Crippen LogP contribution in [0.1, 0.15) is 10.4 Å². The SMILES string of the molecule is COc1ccc(-c2cc(OC)c(OC)c(OC)c2)cc1C(=O)O. The van der Waals surface area contributed by atoms with Gasteiger partial charge < -0.3 is 24.1 Å². The zero-order valence-corrected chi connectivity index (χ0v) is 13.4. The van der Waals surface area contributed by atoms with Crippen molar-refractivity contribution in [2.45, 2.75) is 0 Å². The van der Waals surface area contributed by atoms with Crippen molar-refractivity contribution in [1.29, 1.82) is 0 Å². The molecule has 2 rings (SSSR count). The molecule has 0 saturated heterocycles. The number of benzene rings is 2. The van der Waals surface area contributed by atoms with E-state index in [9.17, 15) is 9.90 Å². The standard InChI is InChI=1S/C17H18O6/c1-20-13-6-5-10(7-12(13)17(18)19)11-8-14(21-2)16(23-4)15(9-11)22-3/h5-9H,1-4H3,(H,18,19). The van der Waals surface area contributed by atoms with Crippen LogP contribution in [-0.4, -0.2) is 39.5 Å². The van der Waals surface area contributed by atoms with Crippen LogP contribution in [0.4, 0.5) is 0 Å². The quantitative estimate of drug-likeness (QED) is 0.882. The topological polar surface area (TPSA) is 74.2 Å². The fourth-order valence-electron chi connectivity index (χ4n) is 2.30. The second kappa shape index (κ2) is 6.91. The van der Waals surface area contributed by atoms with Crippen LogP contribution in [0.3, 0.4) is 0 Å². The Morgan fingerprint density at radius 1 is 0.783 bits per heavy atom. The molecular formula is C17H18O6.